The maximum atomic E-state index is 12.3. The molecular weight excluding hydrogens is 388 g/mol. The number of aromatic nitrogens is 4. The van der Waals surface area contributed by atoms with Crippen molar-refractivity contribution in [2.24, 2.45) is 0 Å². The molecule has 134 valence electrons. The summed E-state index contributed by atoms with van der Waals surface area (Å²) in [7, 11) is 0. The van der Waals surface area contributed by atoms with E-state index < -0.39 is 0 Å². The van der Waals surface area contributed by atoms with Gasteiger partial charge in [-0.05, 0) is 36.4 Å². The highest BCUT2D eigenvalue weighted by molar-refractivity contribution is 7.99. The van der Waals surface area contributed by atoms with Crippen molar-refractivity contribution in [3.63, 3.8) is 0 Å². The average molecular weight is 399 g/mol. The SMILES string of the molecule is O=C(CSc1nnc(-c2ccccc2)o1)c1nnc(-c2ccc(Cl)cc2)o1. The summed E-state index contributed by atoms with van der Waals surface area (Å²) >= 11 is 6.96. The topological polar surface area (TPSA) is 94.9 Å². The monoisotopic (exact) mass is 398 g/mol. The minimum Gasteiger partial charge on any atom is -0.414 e. The highest BCUT2D eigenvalue weighted by Crippen LogP contribution is 2.24. The molecule has 0 aliphatic carbocycles. The van der Waals surface area contributed by atoms with Crippen molar-refractivity contribution in [2.45, 2.75) is 5.22 Å². The van der Waals surface area contributed by atoms with Gasteiger partial charge < -0.3 is 8.83 Å². The van der Waals surface area contributed by atoms with E-state index >= 15 is 0 Å². The van der Waals surface area contributed by atoms with Gasteiger partial charge in [0.25, 0.3) is 11.1 Å². The number of benzene rings is 2. The van der Waals surface area contributed by atoms with Crippen LogP contribution in [0.25, 0.3) is 22.9 Å². The number of halogens is 1. The molecule has 0 amide bonds. The van der Waals surface area contributed by atoms with Gasteiger partial charge in [0.05, 0.1) is 5.75 Å². The van der Waals surface area contributed by atoms with Crippen LogP contribution < -0.4 is 0 Å². The van der Waals surface area contributed by atoms with Gasteiger partial charge in [-0.25, -0.2) is 0 Å². The van der Waals surface area contributed by atoms with E-state index in [9.17, 15) is 4.79 Å². The van der Waals surface area contributed by atoms with E-state index in [1.54, 1.807) is 24.3 Å². The molecule has 0 saturated heterocycles. The fraction of sp³-hybridized carbons (Fsp3) is 0.0556. The predicted molar refractivity (Wildman–Crippen MR) is 99.5 cm³/mol. The van der Waals surface area contributed by atoms with Crippen LogP contribution in [-0.2, 0) is 0 Å². The number of rotatable bonds is 6. The number of carbonyl (C=O) groups is 1. The van der Waals surface area contributed by atoms with Crippen molar-refractivity contribution in [1.29, 1.82) is 0 Å². The third-order valence-electron chi connectivity index (χ3n) is 3.51. The fourth-order valence-electron chi connectivity index (χ4n) is 2.20. The summed E-state index contributed by atoms with van der Waals surface area (Å²) in [4.78, 5) is 12.3. The number of hydrogen-bond acceptors (Lipinski definition) is 8. The summed E-state index contributed by atoms with van der Waals surface area (Å²) in [5.41, 5.74) is 1.50. The quantitative estimate of drug-likeness (QED) is 0.348. The Morgan fingerprint density at radius 1 is 0.852 bits per heavy atom. The van der Waals surface area contributed by atoms with Crippen LogP contribution in [-0.4, -0.2) is 31.9 Å². The van der Waals surface area contributed by atoms with Gasteiger partial charge in [-0.2, -0.15) is 0 Å². The molecule has 0 fully saturated rings. The second-order valence-corrected chi connectivity index (χ2v) is 6.73. The normalized spacial score (nSPS) is 10.9. The lowest BCUT2D eigenvalue weighted by Crippen LogP contribution is -2.02. The van der Waals surface area contributed by atoms with E-state index in [0.717, 1.165) is 17.3 Å². The van der Waals surface area contributed by atoms with Crippen molar-refractivity contribution >= 4 is 29.1 Å². The van der Waals surface area contributed by atoms with Gasteiger partial charge in [-0.3, -0.25) is 4.79 Å². The van der Waals surface area contributed by atoms with Gasteiger partial charge in [-0.15, -0.1) is 20.4 Å². The minimum absolute atomic E-state index is 0.0404. The Kier molecular flexibility index (Phi) is 4.99. The van der Waals surface area contributed by atoms with E-state index in [0.29, 0.717) is 21.7 Å². The van der Waals surface area contributed by atoms with Crippen molar-refractivity contribution in [2.75, 3.05) is 5.75 Å². The lowest BCUT2D eigenvalue weighted by Gasteiger charge is -1.95. The number of Topliss-reactive ketones (excluding diaryl/α,β-unsaturated/α-hetero) is 1. The molecule has 0 bridgehead atoms. The zero-order valence-electron chi connectivity index (χ0n) is 13.7. The van der Waals surface area contributed by atoms with Gasteiger partial charge in [-0.1, -0.05) is 41.6 Å². The zero-order valence-corrected chi connectivity index (χ0v) is 15.3. The second kappa shape index (κ2) is 7.73. The summed E-state index contributed by atoms with van der Waals surface area (Å²) in [6.45, 7) is 0. The molecule has 9 heteroatoms. The van der Waals surface area contributed by atoms with Gasteiger partial charge in [0.15, 0.2) is 0 Å². The number of hydrogen-bond donors (Lipinski definition) is 0. The Bertz CT molecular complexity index is 1060. The largest absolute Gasteiger partial charge is 0.414 e. The maximum Gasteiger partial charge on any atom is 0.285 e. The predicted octanol–water partition coefficient (Wildman–Crippen LogP) is 4.42. The van der Waals surface area contributed by atoms with Crippen LogP contribution in [0.2, 0.25) is 5.02 Å². The Morgan fingerprint density at radius 2 is 1.52 bits per heavy atom. The summed E-state index contributed by atoms with van der Waals surface area (Å²) in [5, 5.41) is 16.5. The van der Waals surface area contributed by atoms with E-state index in [1.165, 1.54) is 0 Å². The molecule has 0 saturated carbocycles. The molecule has 2 aromatic heterocycles. The standard InChI is InChI=1S/C18H11ClN4O3S/c19-13-8-6-12(7-9-13)15-20-22-17(25-15)14(24)10-27-18-23-21-16(26-18)11-4-2-1-3-5-11/h1-9H,10H2. The summed E-state index contributed by atoms with van der Waals surface area (Å²) in [6, 6.07) is 16.3. The van der Waals surface area contributed by atoms with Crippen molar-refractivity contribution in [3.05, 3.63) is 65.5 Å². The molecule has 0 N–H and O–H groups in total. The van der Waals surface area contributed by atoms with E-state index in [-0.39, 0.29) is 23.3 Å². The zero-order chi connectivity index (χ0) is 18.6. The van der Waals surface area contributed by atoms with Crippen molar-refractivity contribution in [1.82, 2.24) is 20.4 Å². The Morgan fingerprint density at radius 3 is 2.30 bits per heavy atom. The third kappa shape index (κ3) is 4.07. The average Bonchev–Trinajstić information content (AvgIpc) is 3.37. The lowest BCUT2D eigenvalue weighted by molar-refractivity contribution is 0.0986. The minimum atomic E-state index is -0.327. The number of ketones is 1. The van der Waals surface area contributed by atoms with Crippen molar-refractivity contribution < 1.29 is 13.6 Å². The molecule has 4 rings (SSSR count). The van der Waals surface area contributed by atoms with Gasteiger partial charge in [0.1, 0.15) is 0 Å². The Labute approximate surface area is 162 Å². The fourth-order valence-corrected chi connectivity index (χ4v) is 2.94. The van der Waals surface area contributed by atoms with Crippen LogP contribution in [0.1, 0.15) is 10.7 Å². The number of thioether (sulfide) groups is 1. The van der Waals surface area contributed by atoms with E-state index in [1.807, 2.05) is 30.3 Å². The van der Waals surface area contributed by atoms with Crippen LogP contribution in [0.4, 0.5) is 0 Å². The molecule has 4 aromatic rings. The summed E-state index contributed by atoms with van der Waals surface area (Å²) in [5.74, 6) is 0.290. The molecule has 0 radical (unpaired) electrons. The molecule has 0 spiro atoms. The summed E-state index contributed by atoms with van der Waals surface area (Å²) in [6.07, 6.45) is 0. The third-order valence-corrected chi connectivity index (χ3v) is 4.58. The molecule has 0 aliphatic rings. The second-order valence-electron chi connectivity index (χ2n) is 5.37. The first-order chi connectivity index (χ1) is 13.2. The number of nitrogens with zero attached hydrogens (tertiary/aromatic N) is 4. The van der Waals surface area contributed by atoms with E-state index in [4.69, 9.17) is 20.4 Å². The van der Waals surface area contributed by atoms with Crippen LogP contribution in [0.3, 0.4) is 0 Å². The molecule has 2 aromatic carbocycles. The molecule has 0 unspecified atom stereocenters. The molecule has 0 atom stereocenters. The Hall–Kier alpha value is -2.97. The van der Waals surface area contributed by atoms with Crippen LogP contribution in [0.15, 0.2) is 68.7 Å². The molecule has 7 nitrogen and oxygen atoms in total. The highest BCUT2D eigenvalue weighted by Gasteiger charge is 2.18. The van der Waals surface area contributed by atoms with E-state index in [2.05, 4.69) is 20.4 Å². The van der Waals surface area contributed by atoms with Crippen LogP contribution >= 0.6 is 23.4 Å². The highest BCUT2D eigenvalue weighted by atomic mass is 35.5. The Balaban J connectivity index is 1.40. The van der Waals surface area contributed by atoms with Crippen LogP contribution in [0, 0.1) is 0 Å². The maximum absolute atomic E-state index is 12.3. The van der Waals surface area contributed by atoms with Gasteiger partial charge in [0.2, 0.25) is 17.6 Å². The number of carbonyl (C=O) groups excluding carboxylic acids is 1. The first-order valence-corrected chi connectivity index (χ1v) is 9.20. The smallest absolute Gasteiger partial charge is 0.285 e. The van der Waals surface area contributed by atoms with Crippen molar-refractivity contribution in [3.8, 4) is 22.9 Å². The van der Waals surface area contributed by atoms with Gasteiger partial charge >= 0.3 is 0 Å². The lowest BCUT2D eigenvalue weighted by atomic mass is 10.2. The molecular formula is C18H11ClN4O3S. The first-order valence-electron chi connectivity index (χ1n) is 7.83. The molecule has 2 heterocycles. The first kappa shape index (κ1) is 17.4. The molecule has 27 heavy (non-hydrogen) atoms. The molecule has 0 aliphatic heterocycles. The summed E-state index contributed by atoms with van der Waals surface area (Å²) < 4.78 is 11.0. The van der Waals surface area contributed by atoms with Crippen LogP contribution in [0.5, 0.6) is 0 Å². The van der Waals surface area contributed by atoms with Gasteiger partial charge in [0, 0.05) is 16.1 Å².